The molecular weight excluding hydrogens is 346 g/mol. The van der Waals surface area contributed by atoms with Gasteiger partial charge in [0, 0.05) is 13.5 Å². The van der Waals surface area contributed by atoms with Crippen LogP contribution in [0.4, 0.5) is 5.82 Å². The summed E-state index contributed by atoms with van der Waals surface area (Å²) in [5, 5.41) is 17.5. The maximum atomic E-state index is 12.4. The molecule has 136 valence electrons. The van der Waals surface area contributed by atoms with E-state index in [4.69, 9.17) is 0 Å². The van der Waals surface area contributed by atoms with Crippen LogP contribution in [0.15, 0.2) is 41.4 Å². The second-order valence-electron chi connectivity index (χ2n) is 6.31. The Morgan fingerprint density at radius 3 is 2.73 bits per heavy atom. The van der Waals surface area contributed by atoms with Gasteiger partial charge in [-0.1, -0.05) is 18.2 Å². The molecule has 26 heavy (non-hydrogen) atoms. The average Bonchev–Trinajstić information content (AvgIpc) is 3.19. The zero-order chi connectivity index (χ0) is 18.2. The smallest absolute Gasteiger partial charge is 0.232 e. The first-order valence-electron chi connectivity index (χ1n) is 8.92. The van der Waals surface area contributed by atoms with Crippen molar-refractivity contribution in [2.75, 3.05) is 11.9 Å². The highest BCUT2D eigenvalue weighted by Gasteiger charge is 2.14. The number of carbonyl (C=O) groups is 1. The summed E-state index contributed by atoms with van der Waals surface area (Å²) >= 11 is 1.59. The summed E-state index contributed by atoms with van der Waals surface area (Å²) in [7, 11) is 1.75. The summed E-state index contributed by atoms with van der Waals surface area (Å²) in [4.78, 5) is 14.0. The summed E-state index contributed by atoms with van der Waals surface area (Å²) in [6.07, 6.45) is 12.7. The summed E-state index contributed by atoms with van der Waals surface area (Å²) in [5.41, 5.74) is 3.79. The fraction of sp³-hybridized carbons (Fsp3) is 0.421. The van der Waals surface area contributed by atoms with Gasteiger partial charge in [0.1, 0.15) is 10.5 Å². The number of hydrogen-bond acceptors (Lipinski definition) is 6. The number of allylic oxidation sites excluding steroid dienone is 3. The first-order valence-corrected chi connectivity index (χ1v) is 9.80. The molecule has 0 bridgehead atoms. The van der Waals surface area contributed by atoms with Crippen molar-refractivity contribution in [3.05, 3.63) is 52.1 Å². The highest BCUT2D eigenvalue weighted by atomic mass is 32.1. The van der Waals surface area contributed by atoms with Crippen LogP contribution in [-0.4, -0.2) is 33.3 Å². The lowest BCUT2D eigenvalue weighted by atomic mass is 10.0. The number of nitrogens with zero attached hydrogens (tertiary/aromatic N) is 5. The molecule has 0 atom stereocenters. The largest absolute Gasteiger partial charge is 0.298 e. The van der Waals surface area contributed by atoms with E-state index in [1.165, 1.54) is 0 Å². The molecule has 2 aromatic heterocycles. The molecule has 0 saturated carbocycles. The van der Waals surface area contributed by atoms with Crippen LogP contribution in [-0.2, 0) is 17.6 Å². The van der Waals surface area contributed by atoms with Gasteiger partial charge in [-0.05, 0) is 49.8 Å². The van der Waals surface area contributed by atoms with E-state index in [0.717, 1.165) is 54.8 Å². The second-order valence-corrected chi connectivity index (χ2v) is 7.23. The number of carbonyl (C=O) groups excluding carboxylic acids is 1. The number of unbranched alkanes of at least 4 members (excludes halogenated alkanes) is 1. The molecule has 7 heteroatoms. The number of aryl methyl sites for hydroxylation is 2. The molecule has 1 aliphatic carbocycles. The molecule has 2 aromatic rings. The first-order chi connectivity index (χ1) is 12.7. The van der Waals surface area contributed by atoms with E-state index in [2.05, 4.69) is 32.5 Å². The van der Waals surface area contributed by atoms with Crippen LogP contribution < -0.4 is 4.90 Å². The van der Waals surface area contributed by atoms with Gasteiger partial charge in [0.25, 0.3) is 0 Å². The van der Waals surface area contributed by atoms with Crippen molar-refractivity contribution in [3.63, 3.8) is 0 Å². The van der Waals surface area contributed by atoms with Crippen molar-refractivity contribution in [2.24, 2.45) is 0 Å². The van der Waals surface area contributed by atoms with E-state index in [0.29, 0.717) is 12.2 Å². The average molecular weight is 369 g/mol. The molecule has 0 fully saturated rings. The van der Waals surface area contributed by atoms with Gasteiger partial charge >= 0.3 is 0 Å². The van der Waals surface area contributed by atoms with Crippen LogP contribution in [0.25, 0.3) is 0 Å². The minimum absolute atomic E-state index is 0.0295. The minimum atomic E-state index is 0.0295. The van der Waals surface area contributed by atoms with E-state index in [9.17, 15) is 4.79 Å². The molecule has 0 spiro atoms. The Labute approximate surface area is 157 Å². The third-order valence-corrected chi connectivity index (χ3v) is 5.09. The monoisotopic (exact) mass is 369 g/mol. The first kappa shape index (κ1) is 18.4. The van der Waals surface area contributed by atoms with Crippen molar-refractivity contribution >= 4 is 23.1 Å². The third-order valence-electron chi connectivity index (χ3n) is 4.33. The fourth-order valence-electron chi connectivity index (χ4n) is 2.77. The molecule has 6 nitrogen and oxygen atoms in total. The second kappa shape index (κ2) is 9.33. The summed E-state index contributed by atoms with van der Waals surface area (Å²) in [6.45, 7) is 0. The van der Waals surface area contributed by atoms with Crippen molar-refractivity contribution in [2.45, 2.75) is 44.9 Å². The molecular formula is C19H23N5OS. The van der Waals surface area contributed by atoms with Crippen LogP contribution in [0.3, 0.4) is 0 Å². The Morgan fingerprint density at radius 2 is 2.04 bits per heavy atom. The van der Waals surface area contributed by atoms with Gasteiger partial charge < -0.3 is 0 Å². The maximum absolute atomic E-state index is 12.4. The Morgan fingerprint density at radius 1 is 1.15 bits per heavy atom. The summed E-state index contributed by atoms with van der Waals surface area (Å²) in [5.74, 6) is 0.620. The van der Waals surface area contributed by atoms with Crippen LogP contribution >= 0.6 is 11.3 Å². The van der Waals surface area contributed by atoms with Gasteiger partial charge in [-0.3, -0.25) is 9.69 Å². The van der Waals surface area contributed by atoms with Crippen LogP contribution in [0.5, 0.6) is 0 Å². The highest BCUT2D eigenvalue weighted by molar-refractivity contribution is 7.09. The normalized spacial score (nSPS) is 13.5. The predicted octanol–water partition coefficient (Wildman–Crippen LogP) is 3.52. The Bertz CT molecular complexity index is 768. The van der Waals surface area contributed by atoms with Crippen molar-refractivity contribution in [3.8, 4) is 0 Å². The molecule has 0 N–H and O–H groups in total. The van der Waals surface area contributed by atoms with Gasteiger partial charge in [0.15, 0.2) is 5.82 Å². The van der Waals surface area contributed by atoms with Gasteiger partial charge in [-0.25, -0.2) is 0 Å². The van der Waals surface area contributed by atoms with E-state index >= 15 is 0 Å². The Balaban J connectivity index is 1.46. The predicted molar refractivity (Wildman–Crippen MR) is 103 cm³/mol. The zero-order valence-corrected chi connectivity index (χ0v) is 15.8. The standard InChI is InChI=1S/C19H23N5OS/c1-24(19(25)13-15-7-3-2-4-8-15)17-12-11-16(21-22-17)9-5-6-10-18-23-20-14-26-18/h3,7-8,11-12,14H,2,4-6,9-10,13H2,1H3. The van der Waals surface area contributed by atoms with Crippen LogP contribution in [0, 0.1) is 0 Å². The SMILES string of the molecule is CN(C(=O)CC1=CCCC=C1)c1ccc(CCCCc2nncs2)nn1. The van der Waals surface area contributed by atoms with Gasteiger partial charge in [0.2, 0.25) is 5.91 Å². The lowest BCUT2D eigenvalue weighted by Gasteiger charge is -2.17. The number of rotatable bonds is 8. The Kier molecular flexibility index (Phi) is 6.60. The zero-order valence-electron chi connectivity index (χ0n) is 15.0. The molecule has 1 amide bonds. The van der Waals surface area contributed by atoms with E-state index < -0.39 is 0 Å². The van der Waals surface area contributed by atoms with Gasteiger partial charge in [-0.15, -0.1) is 26.6 Å². The van der Waals surface area contributed by atoms with E-state index in [1.807, 2.05) is 18.2 Å². The molecule has 0 radical (unpaired) electrons. The molecule has 3 rings (SSSR count). The maximum Gasteiger partial charge on any atom is 0.232 e. The third kappa shape index (κ3) is 5.29. The molecule has 0 aliphatic heterocycles. The lowest BCUT2D eigenvalue weighted by Crippen LogP contribution is -2.27. The fourth-order valence-corrected chi connectivity index (χ4v) is 3.34. The molecule has 0 aromatic carbocycles. The van der Waals surface area contributed by atoms with Crippen LogP contribution in [0.2, 0.25) is 0 Å². The van der Waals surface area contributed by atoms with Crippen molar-refractivity contribution in [1.29, 1.82) is 0 Å². The molecule has 0 unspecified atom stereocenters. The molecule has 0 saturated heterocycles. The Hall–Kier alpha value is -2.41. The number of aromatic nitrogens is 4. The van der Waals surface area contributed by atoms with E-state index in [1.54, 1.807) is 28.8 Å². The highest BCUT2D eigenvalue weighted by Crippen LogP contribution is 2.17. The van der Waals surface area contributed by atoms with Crippen LogP contribution in [0.1, 0.15) is 42.8 Å². The van der Waals surface area contributed by atoms with Crippen molar-refractivity contribution in [1.82, 2.24) is 20.4 Å². The number of hydrogen-bond donors (Lipinski definition) is 0. The molecule has 1 aliphatic rings. The van der Waals surface area contributed by atoms with E-state index in [-0.39, 0.29) is 5.91 Å². The topological polar surface area (TPSA) is 71.9 Å². The quantitative estimate of drug-likeness (QED) is 0.666. The lowest BCUT2D eigenvalue weighted by molar-refractivity contribution is -0.117. The number of amides is 1. The van der Waals surface area contributed by atoms with Gasteiger partial charge in [0.05, 0.1) is 12.1 Å². The van der Waals surface area contributed by atoms with Crippen molar-refractivity contribution < 1.29 is 4.79 Å². The minimum Gasteiger partial charge on any atom is -0.298 e. The van der Waals surface area contributed by atoms with Gasteiger partial charge in [-0.2, -0.15) is 5.10 Å². The summed E-state index contributed by atoms with van der Waals surface area (Å²) in [6, 6.07) is 3.83. The summed E-state index contributed by atoms with van der Waals surface area (Å²) < 4.78 is 0. The molecule has 2 heterocycles. The number of anilines is 1.